The Bertz CT molecular complexity index is 697. The molecule has 98 valence electrons. The molecule has 4 nitrogen and oxygen atoms in total. The van der Waals surface area contributed by atoms with Crippen LogP contribution < -0.4 is 10.9 Å². The molecule has 0 saturated heterocycles. The van der Waals surface area contributed by atoms with Crippen molar-refractivity contribution in [1.29, 1.82) is 0 Å². The molecule has 1 amide bonds. The second kappa shape index (κ2) is 5.36. The van der Waals surface area contributed by atoms with Gasteiger partial charge in [0, 0.05) is 11.4 Å². The molecule has 2 N–H and O–H groups in total. The number of aryl methyl sites for hydroxylation is 1. The minimum Gasteiger partial charge on any atom is -0.326 e. The molecule has 0 saturated carbocycles. The summed E-state index contributed by atoms with van der Waals surface area (Å²) >= 11 is 3.02. The Morgan fingerprint density at radius 1 is 1.32 bits per heavy atom. The lowest BCUT2D eigenvalue weighted by atomic mass is 10.2. The number of halogens is 2. The van der Waals surface area contributed by atoms with E-state index < -0.39 is 17.3 Å². The van der Waals surface area contributed by atoms with Crippen LogP contribution in [0.4, 0.5) is 10.1 Å². The van der Waals surface area contributed by atoms with Crippen molar-refractivity contribution in [1.82, 2.24) is 4.98 Å². The van der Waals surface area contributed by atoms with Crippen molar-refractivity contribution in [2.45, 2.75) is 6.92 Å². The number of aromatic nitrogens is 1. The van der Waals surface area contributed by atoms with E-state index in [1.807, 2.05) is 0 Å². The van der Waals surface area contributed by atoms with Gasteiger partial charge in [-0.2, -0.15) is 0 Å². The molecule has 0 aliphatic heterocycles. The maximum Gasteiger partial charge on any atom is 0.261 e. The van der Waals surface area contributed by atoms with Gasteiger partial charge in [-0.25, -0.2) is 4.39 Å². The zero-order chi connectivity index (χ0) is 14.0. The van der Waals surface area contributed by atoms with E-state index in [9.17, 15) is 14.0 Å². The van der Waals surface area contributed by atoms with Gasteiger partial charge >= 0.3 is 0 Å². The molecule has 1 heterocycles. The SMILES string of the molecule is Cc1ccc(C(=O)Nc2ccc(Br)c(F)c2)c(=O)[nH]1. The number of amides is 1. The molecule has 0 radical (unpaired) electrons. The van der Waals surface area contributed by atoms with Crippen LogP contribution in [0.1, 0.15) is 16.1 Å². The maximum absolute atomic E-state index is 13.3. The van der Waals surface area contributed by atoms with E-state index in [4.69, 9.17) is 0 Å². The van der Waals surface area contributed by atoms with Crippen molar-refractivity contribution < 1.29 is 9.18 Å². The van der Waals surface area contributed by atoms with Crippen LogP contribution >= 0.6 is 15.9 Å². The summed E-state index contributed by atoms with van der Waals surface area (Å²) in [5, 5.41) is 2.47. The van der Waals surface area contributed by atoms with Gasteiger partial charge in [-0.05, 0) is 53.2 Å². The average Bonchev–Trinajstić information content (AvgIpc) is 2.33. The van der Waals surface area contributed by atoms with Gasteiger partial charge in [0.15, 0.2) is 0 Å². The second-order valence-electron chi connectivity index (χ2n) is 3.97. The summed E-state index contributed by atoms with van der Waals surface area (Å²) in [7, 11) is 0. The largest absolute Gasteiger partial charge is 0.326 e. The van der Waals surface area contributed by atoms with Crippen LogP contribution in [-0.2, 0) is 0 Å². The highest BCUT2D eigenvalue weighted by molar-refractivity contribution is 9.10. The Balaban J connectivity index is 2.25. The molecular weight excluding hydrogens is 315 g/mol. The fraction of sp³-hybridized carbons (Fsp3) is 0.0769. The Hall–Kier alpha value is -1.95. The van der Waals surface area contributed by atoms with Crippen LogP contribution in [-0.4, -0.2) is 10.9 Å². The lowest BCUT2D eigenvalue weighted by Crippen LogP contribution is -2.23. The third-order valence-corrected chi connectivity index (χ3v) is 3.12. The van der Waals surface area contributed by atoms with E-state index in [2.05, 4.69) is 26.2 Å². The van der Waals surface area contributed by atoms with Crippen LogP contribution in [0.5, 0.6) is 0 Å². The smallest absolute Gasteiger partial charge is 0.261 e. The lowest BCUT2D eigenvalue weighted by Gasteiger charge is -2.05. The van der Waals surface area contributed by atoms with Gasteiger partial charge in [-0.1, -0.05) is 0 Å². The molecule has 19 heavy (non-hydrogen) atoms. The van der Waals surface area contributed by atoms with Crippen LogP contribution in [0.2, 0.25) is 0 Å². The van der Waals surface area contributed by atoms with Crippen LogP contribution in [0.3, 0.4) is 0 Å². The quantitative estimate of drug-likeness (QED) is 0.892. The number of pyridine rings is 1. The Kier molecular flexibility index (Phi) is 3.80. The molecule has 2 aromatic rings. The normalized spacial score (nSPS) is 10.3. The predicted molar refractivity (Wildman–Crippen MR) is 73.9 cm³/mol. The van der Waals surface area contributed by atoms with E-state index in [0.29, 0.717) is 10.2 Å². The lowest BCUT2D eigenvalue weighted by molar-refractivity contribution is 0.102. The summed E-state index contributed by atoms with van der Waals surface area (Å²) in [5.74, 6) is -1.07. The zero-order valence-electron chi connectivity index (χ0n) is 9.96. The summed E-state index contributed by atoms with van der Waals surface area (Å²) in [6.07, 6.45) is 0. The van der Waals surface area contributed by atoms with Gasteiger partial charge in [0.05, 0.1) is 4.47 Å². The molecule has 2 rings (SSSR count). The Morgan fingerprint density at radius 2 is 2.05 bits per heavy atom. The zero-order valence-corrected chi connectivity index (χ0v) is 11.5. The molecule has 0 aliphatic rings. The minimum absolute atomic E-state index is 0.0195. The highest BCUT2D eigenvalue weighted by atomic mass is 79.9. The molecule has 0 atom stereocenters. The second-order valence-corrected chi connectivity index (χ2v) is 4.82. The molecule has 1 aromatic carbocycles. The van der Waals surface area contributed by atoms with Crippen molar-refractivity contribution in [2.75, 3.05) is 5.32 Å². The number of hydrogen-bond acceptors (Lipinski definition) is 2. The summed E-state index contributed by atoms with van der Waals surface area (Å²) in [5.41, 5.74) is 0.450. The van der Waals surface area contributed by atoms with Crippen LogP contribution in [0, 0.1) is 12.7 Å². The third-order valence-electron chi connectivity index (χ3n) is 2.48. The number of anilines is 1. The van der Waals surface area contributed by atoms with Crippen molar-refractivity contribution in [3.63, 3.8) is 0 Å². The highest BCUT2D eigenvalue weighted by Gasteiger charge is 2.11. The molecule has 0 aliphatic carbocycles. The van der Waals surface area contributed by atoms with Crippen molar-refractivity contribution >= 4 is 27.5 Å². The van der Waals surface area contributed by atoms with E-state index in [1.165, 1.54) is 24.3 Å². The van der Waals surface area contributed by atoms with Crippen molar-refractivity contribution in [3.8, 4) is 0 Å². The molecule has 0 fully saturated rings. The number of hydrogen-bond donors (Lipinski definition) is 2. The summed E-state index contributed by atoms with van der Waals surface area (Å²) in [6.45, 7) is 1.72. The molecule has 0 unspecified atom stereocenters. The van der Waals surface area contributed by atoms with Gasteiger partial charge in [0.25, 0.3) is 11.5 Å². The fourth-order valence-electron chi connectivity index (χ4n) is 1.52. The number of aromatic amines is 1. The van der Waals surface area contributed by atoms with Gasteiger partial charge < -0.3 is 10.3 Å². The standard InChI is InChI=1S/C13H10BrFN2O2/c1-7-2-4-9(12(18)16-7)13(19)17-8-3-5-10(14)11(15)6-8/h2-6H,1H3,(H,16,18)(H,17,19). The summed E-state index contributed by atoms with van der Waals surface area (Å²) < 4.78 is 13.6. The van der Waals surface area contributed by atoms with Gasteiger partial charge in [-0.3, -0.25) is 9.59 Å². The number of carbonyl (C=O) groups excluding carboxylic acids is 1. The first-order valence-corrected chi connectivity index (χ1v) is 6.23. The Labute approximate surface area is 116 Å². The van der Waals surface area contributed by atoms with Crippen molar-refractivity contribution in [2.24, 2.45) is 0 Å². The van der Waals surface area contributed by atoms with E-state index >= 15 is 0 Å². The number of H-pyrrole nitrogens is 1. The number of benzene rings is 1. The van der Waals surface area contributed by atoms with E-state index in [1.54, 1.807) is 13.0 Å². The highest BCUT2D eigenvalue weighted by Crippen LogP contribution is 2.19. The average molecular weight is 325 g/mol. The van der Waals surface area contributed by atoms with E-state index in [-0.39, 0.29) is 11.3 Å². The molecule has 1 aromatic heterocycles. The van der Waals surface area contributed by atoms with Crippen LogP contribution in [0.25, 0.3) is 0 Å². The third kappa shape index (κ3) is 3.08. The monoisotopic (exact) mass is 324 g/mol. The molecule has 6 heteroatoms. The first-order chi connectivity index (χ1) is 8.97. The summed E-state index contributed by atoms with van der Waals surface area (Å²) in [4.78, 5) is 26.0. The Morgan fingerprint density at radius 3 is 2.68 bits per heavy atom. The first kappa shape index (κ1) is 13.5. The first-order valence-electron chi connectivity index (χ1n) is 5.43. The fourth-order valence-corrected chi connectivity index (χ4v) is 1.77. The van der Waals surface area contributed by atoms with Gasteiger partial charge in [0.1, 0.15) is 11.4 Å². The molecule has 0 bridgehead atoms. The number of carbonyl (C=O) groups is 1. The molecule has 0 spiro atoms. The predicted octanol–water partition coefficient (Wildman–Crippen LogP) is 2.84. The number of nitrogens with one attached hydrogen (secondary N) is 2. The maximum atomic E-state index is 13.3. The van der Waals surface area contributed by atoms with E-state index in [0.717, 1.165) is 0 Å². The minimum atomic E-state index is -0.581. The van der Waals surface area contributed by atoms with Crippen LogP contribution in [0.15, 0.2) is 39.6 Å². The topological polar surface area (TPSA) is 62.0 Å². The van der Waals surface area contributed by atoms with Gasteiger partial charge in [-0.15, -0.1) is 0 Å². The van der Waals surface area contributed by atoms with Crippen molar-refractivity contribution in [3.05, 3.63) is 62.2 Å². The summed E-state index contributed by atoms with van der Waals surface area (Å²) in [6, 6.07) is 7.24. The van der Waals surface area contributed by atoms with Gasteiger partial charge in [0.2, 0.25) is 0 Å². The molecular formula is C13H10BrFN2O2. The number of rotatable bonds is 2.